The molecule has 6 heteroatoms. The van der Waals surface area contributed by atoms with Gasteiger partial charge in [0.25, 0.3) is 0 Å². The molecule has 1 aliphatic rings. The van der Waals surface area contributed by atoms with Crippen molar-refractivity contribution in [1.82, 2.24) is 0 Å². The quantitative estimate of drug-likeness (QED) is 0.889. The lowest BCUT2D eigenvalue weighted by atomic mass is 9.54. The molecule has 0 aromatic heterocycles. The number of nitrogens with two attached hydrogens (primary N) is 1. The molecular formula is C15H22Cl2N2O2. The maximum atomic E-state index is 12.5. The zero-order valence-electron chi connectivity index (χ0n) is 12.5. The highest BCUT2D eigenvalue weighted by Crippen LogP contribution is 2.50. The molecule has 3 N–H and O–H groups in total. The van der Waals surface area contributed by atoms with Gasteiger partial charge in [0, 0.05) is 18.4 Å². The van der Waals surface area contributed by atoms with Gasteiger partial charge in [-0.25, -0.2) is 0 Å². The third-order valence-corrected chi connectivity index (χ3v) is 4.69. The molecule has 0 heterocycles. The summed E-state index contributed by atoms with van der Waals surface area (Å²) >= 11 is 6.05. The standard InChI is InChI=1S/C15H21ClN2O2.ClH/c1-4-20-12-9-15(17,14(12,2)3)13(19)18-11-8-6-5-7-10(11)16;/h5-8,12H,4,9,17H2,1-3H3,(H,18,19);1H. The SMILES string of the molecule is CCOC1CC(N)(C(=O)Nc2ccccc2Cl)C1(C)C.Cl. The van der Waals surface area contributed by atoms with Crippen LogP contribution in [0.15, 0.2) is 24.3 Å². The predicted octanol–water partition coefficient (Wildman–Crippen LogP) is 3.23. The fraction of sp³-hybridized carbons (Fsp3) is 0.533. The Labute approximate surface area is 136 Å². The Morgan fingerprint density at radius 1 is 1.48 bits per heavy atom. The van der Waals surface area contributed by atoms with Crippen molar-refractivity contribution in [2.45, 2.75) is 38.8 Å². The summed E-state index contributed by atoms with van der Waals surface area (Å²) in [5, 5.41) is 3.32. The first-order valence-corrected chi connectivity index (χ1v) is 7.17. The molecule has 2 rings (SSSR count). The van der Waals surface area contributed by atoms with E-state index in [-0.39, 0.29) is 24.4 Å². The molecule has 1 aliphatic carbocycles. The van der Waals surface area contributed by atoms with E-state index >= 15 is 0 Å². The number of halogens is 2. The fourth-order valence-corrected chi connectivity index (χ4v) is 2.80. The summed E-state index contributed by atoms with van der Waals surface area (Å²) in [7, 11) is 0. The Kier molecular flexibility index (Phi) is 5.67. The topological polar surface area (TPSA) is 64.3 Å². The van der Waals surface area contributed by atoms with Crippen LogP contribution in [0.1, 0.15) is 27.2 Å². The monoisotopic (exact) mass is 332 g/mol. The third kappa shape index (κ3) is 3.04. The van der Waals surface area contributed by atoms with Gasteiger partial charge in [0.1, 0.15) is 5.54 Å². The summed E-state index contributed by atoms with van der Waals surface area (Å²) in [6, 6.07) is 7.12. The number of hydrogen-bond acceptors (Lipinski definition) is 3. The van der Waals surface area contributed by atoms with Gasteiger partial charge in [0.15, 0.2) is 0 Å². The minimum Gasteiger partial charge on any atom is -0.378 e. The number of carbonyl (C=O) groups is 1. The fourth-order valence-electron chi connectivity index (χ4n) is 2.62. The lowest BCUT2D eigenvalue weighted by molar-refractivity contribution is -0.166. The highest BCUT2D eigenvalue weighted by molar-refractivity contribution is 6.33. The van der Waals surface area contributed by atoms with Crippen molar-refractivity contribution in [2.24, 2.45) is 11.1 Å². The molecule has 4 nitrogen and oxygen atoms in total. The molecule has 0 bridgehead atoms. The number of hydrogen-bond donors (Lipinski definition) is 2. The minimum absolute atomic E-state index is 0. The molecule has 0 spiro atoms. The molecule has 0 radical (unpaired) electrons. The first-order valence-electron chi connectivity index (χ1n) is 6.79. The molecule has 0 aliphatic heterocycles. The van der Waals surface area contributed by atoms with Crippen LogP contribution in [-0.2, 0) is 9.53 Å². The Morgan fingerprint density at radius 2 is 2.10 bits per heavy atom. The lowest BCUT2D eigenvalue weighted by Gasteiger charge is -2.57. The summed E-state index contributed by atoms with van der Waals surface area (Å²) < 4.78 is 5.63. The number of anilines is 1. The molecule has 0 saturated heterocycles. The van der Waals surface area contributed by atoms with Crippen LogP contribution in [-0.4, -0.2) is 24.2 Å². The number of nitrogens with one attached hydrogen (secondary N) is 1. The Hall–Kier alpha value is -0.810. The number of amides is 1. The zero-order valence-corrected chi connectivity index (χ0v) is 14.1. The van der Waals surface area contributed by atoms with Crippen LogP contribution < -0.4 is 11.1 Å². The van der Waals surface area contributed by atoms with Gasteiger partial charge in [-0.05, 0) is 19.1 Å². The van der Waals surface area contributed by atoms with Gasteiger partial charge in [0.2, 0.25) is 5.91 Å². The van der Waals surface area contributed by atoms with E-state index in [9.17, 15) is 4.79 Å². The highest BCUT2D eigenvalue weighted by atomic mass is 35.5. The third-order valence-electron chi connectivity index (χ3n) is 4.36. The van der Waals surface area contributed by atoms with Crippen LogP contribution in [0.4, 0.5) is 5.69 Å². The van der Waals surface area contributed by atoms with Crippen molar-refractivity contribution in [3.63, 3.8) is 0 Å². The summed E-state index contributed by atoms with van der Waals surface area (Å²) in [6.45, 7) is 6.48. The molecule has 1 fully saturated rings. The first-order chi connectivity index (χ1) is 9.33. The van der Waals surface area contributed by atoms with Gasteiger partial charge < -0.3 is 15.8 Å². The van der Waals surface area contributed by atoms with Crippen molar-refractivity contribution in [3.05, 3.63) is 29.3 Å². The molecule has 1 aromatic rings. The van der Waals surface area contributed by atoms with Gasteiger partial charge in [-0.1, -0.05) is 37.6 Å². The van der Waals surface area contributed by atoms with E-state index in [1.54, 1.807) is 12.1 Å². The van der Waals surface area contributed by atoms with Crippen molar-refractivity contribution in [3.8, 4) is 0 Å². The molecule has 1 amide bonds. The normalized spacial score (nSPS) is 26.4. The average molecular weight is 333 g/mol. The molecule has 21 heavy (non-hydrogen) atoms. The minimum atomic E-state index is -0.938. The Morgan fingerprint density at radius 3 is 2.62 bits per heavy atom. The molecule has 2 unspecified atom stereocenters. The summed E-state index contributed by atoms with van der Waals surface area (Å²) in [5.74, 6) is -0.216. The average Bonchev–Trinajstić information content (AvgIpc) is 2.40. The maximum Gasteiger partial charge on any atom is 0.245 e. The van der Waals surface area contributed by atoms with E-state index in [4.69, 9.17) is 22.1 Å². The van der Waals surface area contributed by atoms with Crippen LogP contribution in [0.5, 0.6) is 0 Å². The first kappa shape index (κ1) is 18.2. The Balaban J connectivity index is 0.00000220. The van der Waals surface area contributed by atoms with Crippen LogP contribution in [0.2, 0.25) is 5.02 Å². The zero-order chi connectivity index (χ0) is 15.0. The maximum absolute atomic E-state index is 12.5. The van der Waals surface area contributed by atoms with E-state index < -0.39 is 11.0 Å². The van der Waals surface area contributed by atoms with Gasteiger partial charge in [-0.15, -0.1) is 12.4 Å². The van der Waals surface area contributed by atoms with Gasteiger partial charge in [-0.3, -0.25) is 4.79 Å². The van der Waals surface area contributed by atoms with Crippen LogP contribution in [0, 0.1) is 5.41 Å². The second-order valence-electron chi connectivity index (χ2n) is 5.78. The predicted molar refractivity (Wildman–Crippen MR) is 88.1 cm³/mol. The molecule has 1 aromatic carbocycles. The van der Waals surface area contributed by atoms with Crippen molar-refractivity contribution >= 4 is 35.6 Å². The lowest BCUT2D eigenvalue weighted by Crippen LogP contribution is -2.74. The van der Waals surface area contributed by atoms with E-state index in [1.165, 1.54) is 0 Å². The van der Waals surface area contributed by atoms with Crippen molar-refractivity contribution < 1.29 is 9.53 Å². The summed E-state index contributed by atoms with van der Waals surface area (Å²) in [4.78, 5) is 12.5. The number of ether oxygens (including phenoxy) is 1. The van der Waals surface area contributed by atoms with Crippen LogP contribution in [0.3, 0.4) is 0 Å². The molecule has 118 valence electrons. The van der Waals surface area contributed by atoms with E-state index in [0.29, 0.717) is 23.7 Å². The molecule has 2 atom stereocenters. The van der Waals surface area contributed by atoms with E-state index in [0.717, 1.165) is 0 Å². The van der Waals surface area contributed by atoms with Gasteiger partial charge >= 0.3 is 0 Å². The van der Waals surface area contributed by atoms with E-state index in [1.807, 2.05) is 32.9 Å². The van der Waals surface area contributed by atoms with Crippen LogP contribution >= 0.6 is 24.0 Å². The van der Waals surface area contributed by atoms with Crippen LogP contribution in [0.25, 0.3) is 0 Å². The van der Waals surface area contributed by atoms with Crippen molar-refractivity contribution in [1.29, 1.82) is 0 Å². The highest BCUT2D eigenvalue weighted by Gasteiger charge is 2.62. The largest absolute Gasteiger partial charge is 0.378 e. The second-order valence-corrected chi connectivity index (χ2v) is 6.18. The summed E-state index contributed by atoms with van der Waals surface area (Å²) in [5.41, 5.74) is 5.54. The number of benzene rings is 1. The Bertz CT molecular complexity index is 522. The summed E-state index contributed by atoms with van der Waals surface area (Å²) in [6.07, 6.45) is 0.527. The second kappa shape index (κ2) is 6.53. The number of para-hydroxylation sites is 1. The number of rotatable bonds is 4. The van der Waals surface area contributed by atoms with Crippen molar-refractivity contribution in [2.75, 3.05) is 11.9 Å². The van der Waals surface area contributed by atoms with Gasteiger partial charge in [-0.2, -0.15) is 0 Å². The number of carbonyl (C=O) groups excluding carboxylic acids is 1. The molecule has 1 saturated carbocycles. The van der Waals surface area contributed by atoms with E-state index in [2.05, 4.69) is 5.32 Å². The van der Waals surface area contributed by atoms with Gasteiger partial charge in [0.05, 0.1) is 16.8 Å². The smallest absolute Gasteiger partial charge is 0.245 e. The molecular weight excluding hydrogens is 311 g/mol.